The predicted molar refractivity (Wildman–Crippen MR) is 74.4 cm³/mol. The molecule has 0 saturated heterocycles. The van der Waals surface area contributed by atoms with Crippen molar-refractivity contribution in [1.29, 1.82) is 5.26 Å². The second kappa shape index (κ2) is 5.53. The lowest BCUT2D eigenvalue weighted by atomic mass is 10.1. The monoisotopic (exact) mass is 254 g/mol. The number of nitrogens with one attached hydrogen (secondary N) is 1. The molecule has 0 aliphatic heterocycles. The zero-order chi connectivity index (χ0) is 13.8. The van der Waals surface area contributed by atoms with E-state index in [9.17, 15) is 4.39 Å². The minimum absolute atomic E-state index is 0.328. The molecule has 0 aliphatic carbocycles. The molecule has 1 N–H and O–H groups in total. The molecule has 0 amide bonds. The van der Waals surface area contributed by atoms with Crippen molar-refractivity contribution in [3.05, 3.63) is 64.5 Å². The third kappa shape index (κ3) is 3.11. The molecule has 0 heterocycles. The van der Waals surface area contributed by atoms with Crippen molar-refractivity contribution in [3.63, 3.8) is 0 Å². The normalized spacial score (nSPS) is 10.0. The molecule has 2 aromatic rings. The van der Waals surface area contributed by atoms with Gasteiger partial charge in [0, 0.05) is 6.54 Å². The standard InChI is InChI=1S/C16H15FN2/c1-11-3-4-14(7-12(11)2)10-19-16-6-5-13(9-18)8-15(16)17/h3-8,19H,10H2,1-2H3. The maximum absolute atomic E-state index is 13.7. The predicted octanol–water partition coefficient (Wildman–Crippen LogP) is 3.93. The molecule has 3 heteroatoms. The molecule has 19 heavy (non-hydrogen) atoms. The Labute approximate surface area is 112 Å². The largest absolute Gasteiger partial charge is 0.379 e. The highest BCUT2D eigenvalue weighted by Crippen LogP contribution is 2.17. The molecule has 0 aromatic heterocycles. The number of hydrogen-bond donors (Lipinski definition) is 1. The average Bonchev–Trinajstić information content (AvgIpc) is 2.41. The van der Waals surface area contributed by atoms with Gasteiger partial charge in [0.15, 0.2) is 0 Å². The van der Waals surface area contributed by atoms with E-state index in [1.54, 1.807) is 12.1 Å². The highest BCUT2D eigenvalue weighted by atomic mass is 19.1. The van der Waals surface area contributed by atoms with Crippen LogP contribution >= 0.6 is 0 Å². The average molecular weight is 254 g/mol. The van der Waals surface area contributed by atoms with Crippen LogP contribution in [0.4, 0.5) is 10.1 Å². The number of aryl methyl sites for hydroxylation is 2. The smallest absolute Gasteiger partial charge is 0.147 e. The Bertz CT molecular complexity index is 642. The first-order chi connectivity index (χ1) is 9.10. The lowest BCUT2D eigenvalue weighted by Gasteiger charge is -2.09. The molecular formula is C16H15FN2. The first kappa shape index (κ1) is 13.1. The SMILES string of the molecule is Cc1ccc(CNc2ccc(C#N)cc2F)cc1C. The zero-order valence-corrected chi connectivity index (χ0v) is 11.0. The molecular weight excluding hydrogens is 239 g/mol. The quantitative estimate of drug-likeness (QED) is 0.900. The van der Waals surface area contributed by atoms with Gasteiger partial charge in [-0.2, -0.15) is 5.26 Å². The third-order valence-corrected chi connectivity index (χ3v) is 3.15. The number of nitriles is 1. The number of anilines is 1. The van der Waals surface area contributed by atoms with Crippen LogP contribution in [0.1, 0.15) is 22.3 Å². The highest BCUT2D eigenvalue weighted by Gasteiger charge is 2.03. The van der Waals surface area contributed by atoms with Crippen LogP contribution in [0.3, 0.4) is 0 Å². The molecule has 0 saturated carbocycles. The fraction of sp³-hybridized carbons (Fsp3) is 0.188. The van der Waals surface area contributed by atoms with Crippen LogP contribution in [-0.2, 0) is 6.54 Å². The van der Waals surface area contributed by atoms with E-state index in [1.165, 1.54) is 17.2 Å². The molecule has 2 rings (SSSR count). The summed E-state index contributed by atoms with van der Waals surface area (Å²) in [5.74, 6) is -0.400. The second-order valence-electron chi connectivity index (χ2n) is 4.58. The van der Waals surface area contributed by atoms with Gasteiger partial charge in [0.25, 0.3) is 0 Å². The third-order valence-electron chi connectivity index (χ3n) is 3.15. The fourth-order valence-corrected chi connectivity index (χ4v) is 1.84. The molecule has 96 valence electrons. The Morgan fingerprint density at radius 2 is 1.89 bits per heavy atom. The van der Waals surface area contributed by atoms with E-state index in [2.05, 4.69) is 31.3 Å². The molecule has 0 fully saturated rings. The first-order valence-corrected chi connectivity index (χ1v) is 6.10. The van der Waals surface area contributed by atoms with Crippen molar-refractivity contribution in [2.45, 2.75) is 20.4 Å². The summed E-state index contributed by atoms with van der Waals surface area (Å²) in [5.41, 5.74) is 4.31. The maximum atomic E-state index is 13.7. The summed E-state index contributed by atoms with van der Waals surface area (Å²) in [4.78, 5) is 0. The summed E-state index contributed by atoms with van der Waals surface area (Å²) in [6.45, 7) is 4.68. The summed E-state index contributed by atoms with van der Waals surface area (Å²) < 4.78 is 13.7. The van der Waals surface area contributed by atoms with Gasteiger partial charge in [0.1, 0.15) is 5.82 Å². The van der Waals surface area contributed by atoms with Gasteiger partial charge in [-0.15, -0.1) is 0 Å². The molecule has 0 bridgehead atoms. The molecule has 0 radical (unpaired) electrons. The molecule has 0 spiro atoms. The number of nitrogens with zero attached hydrogens (tertiary/aromatic N) is 1. The van der Waals surface area contributed by atoms with E-state index in [0.717, 1.165) is 5.56 Å². The van der Waals surface area contributed by atoms with Crippen molar-refractivity contribution < 1.29 is 4.39 Å². The lowest BCUT2D eigenvalue weighted by Crippen LogP contribution is -2.02. The summed E-state index contributed by atoms with van der Waals surface area (Å²) >= 11 is 0. The van der Waals surface area contributed by atoms with Gasteiger partial charge in [-0.3, -0.25) is 0 Å². The summed E-state index contributed by atoms with van der Waals surface area (Å²) in [6, 6.07) is 12.5. The van der Waals surface area contributed by atoms with Crippen LogP contribution in [0.5, 0.6) is 0 Å². The fourth-order valence-electron chi connectivity index (χ4n) is 1.84. The Kier molecular flexibility index (Phi) is 3.82. The van der Waals surface area contributed by atoms with Crippen molar-refractivity contribution in [2.75, 3.05) is 5.32 Å². The molecule has 2 aromatic carbocycles. The van der Waals surface area contributed by atoms with E-state index in [4.69, 9.17) is 5.26 Å². The Morgan fingerprint density at radius 3 is 2.53 bits per heavy atom. The summed E-state index contributed by atoms with van der Waals surface area (Å²) in [6.07, 6.45) is 0. The van der Waals surface area contributed by atoms with Crippen molar-refractivity contribution >= 4 is 5.69 Å². The first-order valence-electron chi connectivity index (χ1n) is 6.10. The molecule has 2 nitrogen and oxygen atoms in total. The van der Waals surface area contributed by atoms with E-state index in [-0.39, 0.29) is 0 Å². The van der Waals surface area contributed by atoms with Gasteiger partial charge < -0.3 is 5.32 Å². The maximum Gasteiger partial charge on any atom is 0.147 e. The second-order valence-corrected chi connectivity index (χ2v) is 4.58. The Morgan fingerprint density at radius 1 is 1.11 bits per heavy atom. The topological polar surface area (TPSA) is 35.8 Å². The summed E-state index contributed by atoms with van der Waals surface area (Å²) in [5, 5.41) is 11.7. The van der Waals surface area contributed by atoms with E-state index in [0.29, 0.717) is 17.8 Å². The van der Waals surface area contributed by atoms with E-state index in [1.807, 2.05) is 12.1 Å². The van der Waals surface area contributed by atoms with Crippen molar-refractivity contribution in [2.24, 2.45) is 0 Å². The van der Waals surface area contributed by atoms with Gasteiger partial charge in [-0.1, -0.05) is 18.2 Å². The Hall–Kier alpha value is -2.34. The summed E-state index contributed by atoms with van der Waals surface area (Å²) in [7, 11) is 0. The highest BCUT2D eigenvalue weighted by molar-refractivity contribution is 5.49. The number of rotatable bonds is 3. The van der Waals surface area contributed by atoms with Crippen LogP contribution in [0, 0.1) is 31.0 Å². The minimum atomic E-state index is -0.400. The number of hydrogen-bond acceptors (Lipinski definition) is 2. The van der Waals surface area contributed by atoms with Gasteiger partial charge in [-0.05, 0) is 48.7 Å². The van der Waals surface area contributed by atoms with Gasteiger partial charge in [-0.25, -0.2) is 4.39 Å². The van der Waals surface area contributed by atoms with E-state index < -0.39 is 5.82 Å². The zero-order valence-electron chi connectivity index (χ0n) is 11.0. The Balaban J connectivity index is 2.10. The minimum Gasteiger partial charge on any atom is -0.379 e. The van der Waals surface area contributed by atoms with Crippen LogP contribution < -0.4 is 5.32 Å². The lowest BCUT2D eigenvalue weighted by molar-refractivity contribution is 0.629. The van der Waals surface area contributed by atoms with Crippen molar-refractivity contribution in [1.82, 2.24) is 0 Å². The van der Waals surface area contributed by atoms with Crippen LogP contribution in [-0.4, -0.2) is 0 Å². The number of benzene rings is 2. The number of halogens is 1. The van der Waals surface area contributed by atoms with Crippen LogP contribution in [0.15, 0.2) is 36.4 Å². The van der Waals surface area contributed by atoms with Gasteiger partial charge >= 0.3 is 0 Å². The van der Waals surface area contributed by atoms with Gasteiger partial charge in [0.05, 0.1) is 17.3 Å². The molecule has 0 atom stereocenters. The van der Waals surface area contributed by atoms with Crippen LogP contribution in [0.25, 0.3) is 0 Å². The molecule has 0 unspecified atom stereocenters. The van der Waals surface area contributed by atoms with E-state index >= 15 is 0 Å². The van der Waals surface area contributed by atoms with Gasteiger partial charge in [0.2, 0.25) is 0 Å². The molecule has 0 aliphatic rings. The van der Waals surface area contributed by atoms with Crippen molar-refractivity contribution in [3.8, 4) is 6.07 Å². The van der Waals surface area contributed by atoms with Crippen LogP contribution in [0.2, 0.25) is 0 Å².